The first-order valence-electron chi connectivity index (χ1n) is 8.05. The van der Waals surface area contributed by atoms with Gasteiger partial charge in [-0.3, -0.25) is 0 Å². The molecule has 2 N–H and O–H groups in total. The van der Waals surface area contributed by atoms with E-state index in [0.29, 0.717) is 26.4 Å². The Labute approximate surface area is 161 Å². The Morgan fingerprint density at radius 2 is 1.91 bits per heavy atom. The van der Waals surface area contributed by atoms with Gasteiger partial charge in [-0.1, -0.05) is 13.3 Å². The topological polar surface area (TPSA) is 54.9 Å². The number of rotatable bonds is 12. The fourth-order valence-electron chi connectivity index (χ4n) is 1.70. The fraction of sp³-hybridized carbons (Fsp3) is 0.688. The molecule has 1 aromatic heterocycles. The van der Waals surface area contributed by atoms with E-state index in [4.69, 9.17) is 9.47 Å². The Kier molecular flexibility index (Phi) is 16.2. The van der Waals surface area contributed by atoms with Crippen LogP contribution in [-0.2, 0) is 16.0 Å². The van der Waals surface area contributed by atoms with E-state index in [9.17, 15) is 0 Å². The number of halogens is 1. The minimum absolute atomic E-state index is 0. The molecule has 0 unspecified atom stereocenters. The summed E-state index contributed by atoms with van der Waals surface area (Å²) in [5.41, 5.74) is 1.24. The summed E-state index contributed by atoms with van der Waals surface area (Å²) in [6.07, 6.45) is 2.29. The lowest BCUT2D eigenvalue weighted by Crippen LogP contribution is -2.39. The van der Waals surface area contributed by atoms with Crippen molar-refractivity contribution in [2.75, 3.05) is 39.5 Å². The molecule has 7 heteroatoms. The molecule has 0 fully saturated rings. The molecular weight excluding hydrogens is 425 g/mol. The molecule has 0 saturated carbocycles. The molecule has 23 heavy (non-hydrogen) atoms. The monoisotopic (exact) mass is 455 g/mol. The molecule has 0 amide bonds. The lowest BCUT2D eigenvalue weighted by Gasteiger charge is -2.11. The van der Waals surface area contributed by atoms with Gasteiger partial charge in [0.25, 0.3) is 0 Å². The summed E-state index contributed by atoms with van der Waals surface area (Å²) in [7, 11) is 0. The van der Waals surface area contributed by atoms with Gasteiger partial charge < -0.3 is 20.1 Å². The summed E-state index contributed by atoms with van der Waals surface area (Å²) >= 11 is 1.70. The van der Waals surface area contributed by atoms with Gasteiger partial charge in [-0.05, 0) is 35.7 Å². The summed E-state index contributed by atoms with van der Waals surface area (Å²) in [6, 6.07) is 2.10. The highest BCUT2D eigenvalue weighted by molar-refractivity contribution is 14.0. The molecule has 0 spiro atoms. The summed E-state index contributed by atoms with van der Waals surface area (Å²) in [5.74, 6) is 0.830. The van der Waals surface area contributed by atoms with Crippen LogP contribution in [0.15, 0.2) is 21.8 Å². The van der Waals surface area contributed by atoms with Gasteiger partial charge >= 0.3 is 0 Å². The third-order valence-corrected chi connectivity index (χ3v) is 3.63. The van der Waals surface area contributed by atoms with Crippen molar-refractivity contribution in [2.45, 2.75) is 33.2 Å². The Balaban J connectivity index is 0.00000484. The summed E-state index contributed by atoms with van der Waals surface area (Å²) < 4.78 is 11.0. The van der Waals surface area contributed by atoms with Gasteiger partial charge in [0.1, 0.15) is 0 Å². The van der Waals surface area contributed by atoms with Gasteiger partial charge in [0.15, 0.2) is 5.96 Å². The Bertz CT molecular complexity index is 389. The minimum Gasteiger partial charge on any atom is -0.379 e. The molecule has 1 aromatic rings. The number of hydrogen-bond donors (Lipinski definition) is 2. The van der Waals surface area contributed by atoms with Crippen molar-refractivity contribution in [3.05, 3.63) is 22.4 Å². The van der Waals surface area contributed by atoms with E-state index >= 15 is 0 Å². The van der Waals surface area contributed by atoms with E-state index in [1.807, 2.05) is 0 Å². The minimum atomic E-state index is 0. The number of nitrogens with zero attached hydrogens (tertiary/aromatic N) is 1. The van der Waals surface area contributed by atoms with Gasteiger partial charge in [0, 0.05) is 19.7 Å². The molecule has 5 nitrogen and oxygen atoms in total. The van der Waals surface area contributed by atoms with Crippen LogP contribution < -0.4 is 10.6 Å². The van der Waals surface area contributed by atoms with E-state index in [-0.39, 0.29) is 24.0 Å². The van der Waals surface area contributed by atoms with Gasteiger partial charge in [0.2, 0.25) is 0 Å². The van der Waals surface area contributed by atoms with Crippen molar-refractivity contribution in [3.63, 3.8) is 0 Å². The number of ether oxygens (including phenoxy) is 2. The second-order valence-corrected chi connectivity index (χ2v) is 5.61. The van der Waals surface area contributed by atoms with Crippen molar-refractivity contribution < 1.29 is 9.47 Å². The van der Waals surface area contributed by atoms with Crippen molar-refractivity contribution >= 4 is 41.3 Å². The van der Waals surface area contributed by atoms with Crippen molar-refractivity contribution in [1.82, 2.24) is 10.6 Å². The Hall–Kier alpha value is -0.380. The third-order valence-electron chi connectivity index (χ3n) is 2.90. The SMILES string of the molecule is CCCCOCCOCCNC(=NCc1ccsc1)NCC.I. The molecule has 0 atom stereocenters. The quantitative estimate of drug-likeness (QED) is 0.220. The molecule has 134 valence electrons. The maximum atomic E-state index is 5.52. The summed E-state index contributed by atoms with van der Waals surface area (Å²) in [4.78, 5) is 4.54. The van der Waals surface area contributed by atoms with Crippen LogP contribution >= 0.6 is 35.3 Å². The zero-order chi connectivity index (χ0) is 15.9. The maximum Gasteiger partial charge on any atom is 0.191 e. The summed E-state index contributed by atoms with van der Waals surface area (Å²) in [5, 5.41) is 10.7. The lowest BCUT2D eigenvalue weighted by molar-refractivity contribution is 0.0487. The second-order valence-electron chi connectivity index (χ2n) is 4.83. The molecule has 0 radical (unpaired) electrons. The van der Waals surface area contributed by atoms with Crippen molar-refractivity contribution in [1.29, 1.82) is 0 Å². The lowest BCUT2D eigenvalue weighted by atomic mass is 10.3. The highest BCUT2D eigenvalue weighted by atomic mass is 127. The molecule has 0 aliphatic rings. The molecule has 0 bridgehead atoms. The Morgan fingerprint density at radius 3 is 2.57 bits per heavy atom. The normalized spacial score (nSPS) is 11.1. The average molecular weight is 455 g/mol. The number of nitrogens with one attached hydrogen (secondary N) is 2. The van der Waals surface area contributed by atoms with Gasteiger partial charge in [-0.25, -0.2) is 4.99 Å². The number of aliphatic imine (C=N–C) groups is 1. The first kappa shape index (κ1) is 22.6. The average Bonchev–Trinajstić information content (AvgIpc) is 3.04. The van der Waals surface area contributed by atoms with E-state index < -0.39 is 0 Å². The Morgan fingerprint density at radius 1 is 1.13 bits per heavy atom. The van der Waals surface area contributed by atoms with Crippen LogP contribution in [0, 0.1) is 0 Å². The highest BCUT2D eigenvalue weighted by Gasteiger charge is 1.98. The van der Waals surface area contributed by atoms with E-state index in [1.165, 1.54) is 12.0 Å². The third kappa shape index (κ3) is 12.7. The van der Waals surface area contributed by atoms with Gasteiger partial charge in [-0.2, -0.15) is 11.3 Å². The van der Waals surface area contributed by atoms with Crippen LogP contribution in [0.2, 0.25) is 0 Å². The maximum absolute atomic E-state index is 5.52. The number of hydrogen-bond acceptors (Lipinski definition) is 4. The van der Waals surface area contributed by atoms with Gasteiger partial charge in [0.05, 0.1) is 26.4 Å². The molecule has 0 saturated heterocycles. The number of guanidine groups is 1. The molecule has 0 aromatic carbocycles. The first-order chi connectivity index (χ1) is 10.9. The molecule has 1 heterocycles. The molecule has 0 aliphatic carbocycles. The van der Waals surface area contributed by atoms with Crippen LogP contribution in [0.3, 0.4) is 0 Å². The summed E-state index contributed by atoms with van der Waals surface area (Å²) in [6.45, 7) is 9.31. The van der Waals surface area contributed by atoms with Crippen LogP contribution in [-0.4, -0.2) is 45.5 Å². The first-order valence-corrected chi connectivity index (χ1v) is 8.99. The second kappa shape index (κ2) is 16.5. The van der Waals surface area contributed by atoms with Crippen molar-refractivity contribution in [3.8, 4) is 0 Å². The van der Waals surface area contributed by atoms with Crippen molar-refractivity contribution in [2.24, 2.45) is 4.99 Å². The zero-order valence-corrected chi connectivity index (χ0v) is 17.3. The van der Waals surface area contributed by atoms with Crippen LogP contribution in [0.4, 0.5) is 0 Å². The van der Waals surface area contributed by atoms with Gasteiger partial charge in [-0.15, -0.1) is 24.0 Å². The zero-order valence-electron chi connectivity index (χ0n) is 14.2. The van der Waals surface area contributed by atoms with E-state index in [1.54, 1.807) is 11.3 Å². The molecule has 0 aliphatic heterocycles. The number of unbranched alkanes of at least 4 members (excludes halogenated alkanes) is 1. The van der Waals surface area contributed by atoms with E-state index in [2.05, 4.69) is 46.3 Å². The largest absolute Gasteiger partial charge is 0.379 e. The fourth-order valence-corrected chi connectivity index (χ4v) is 2.36. The van der Waals surface area contributed by atoms with Crippen LogP contribution in [0.25, 0.3) is 0 Å². The molecule has 1 rings (SSSR count). The predicted molar refractivity (Wildman–Crippen MR) is 109 cm³/mol. The number of thiophene rings is 1. The molecular formula is C16H30IN3O2S. The standard InChI is InChI=1S/C16H29N3O2S.HI/c1-3-5-8-20-10-11-21-9-7-18-16(17-4-2)19-13-15-6-12-22-14-15;/h6,12,14H,3-5,7-11,13H2,1-2H3,(H2,17,18,19);1H. The predicted octanol–water partition coefficient (Wildman–Crippen LogP) is 3.25. The van der Waals surface area contributed by atoms with Crippen LogP contribution in [0.1, 0.15) is 32.3 Å². The van der Waals surface area contributed by atoms with Crippen LogP contribution in [0.5, 0.6) is 0 Å². The smallest absolute Gasteiger partial charge is 0.191 e. The highest BCUT2D eigenvalue weighted by Crippen LogP contribution is 2.06. The van der Waals surface area contributed by atoms with E-state index in [0.717, 1.165) is 32.1 Å².